The zero-order valence-corrected chi connectivity index (χ0v) is 17.0. The van der Waals surface area contributed by atoms with E-state index in [1.165, 1.54) is 13.2 Å². The molecule has 3 rings (SSSR count). The molecule has 1 aromatic rings. The van der Waals surface area contributed by atoms with Crippen molar-refractivity contribution in [1.82, 2.24) is 9.89 Å². The van der Waals surface area contributed by atoms with Crippen LogP contribution in [0.15, 0.2) is 30.3 Å². The molecule has 0 spiro atoms. The molecule has 0 saturated heterocycles. The maximum absolute atomic E-state index is 11.8. The molecule has 1 aromatic carbocycles. The first-order valence-electron chi connectivity index (χ1n) is 9.23. The predicted octanol–water partition coefficient (Wildman–Crippen LogP) is 2.33. The Morgan fingerprint density at radius 3 is 2.45 bits per heavy atom. The summed E-state index contributed by atoms with van der Waals surface area (Å²) >= 11 is 0. The van der Waals surface area contributed by atoms with Gasteiger partial charge in [-0.25, -0.2) is 5.21 Å². The fourth-order valence-electron chi connectivity index (χ4n) is 3.43. The monoisotopic (exact) mass is 402 g/mol. The summed E-state index contributed by atoms with van der Waals surface area (Å²) in [4.78, 5) is 2.86. The lowest BCUT2D eigenvalue weighted by Crippen LogP contribution is -2.37. The van der Waals surface area contributed by atoms with E-state index in [2.05, 4.69) is 10.3 Å². The van der Waals surface area contributed by atoms with Crippen LogP contribution in [0.4, 0.5) is 5.69 Å². The first-order chi connectivity index (χ1) is 13.8. The SMILES string of the molecule is COc1ccc(=[N+]([O-])[O-])c2c(NCCC[N+](C)(C)O)c3cccc(OC)c3[nH]c1-2. The number of fused-ring (bicyclic) bond motifs is 2. The van der Waals surface area contributed by atoms with Gasteiger partial charge >= 0.3 is 0 Å². The van der Waals surface area contributed by atoms with Crippen LogP contribution in [0.2, 0.25) is 0 Å². The Balaban J connectivity index is 2.27. The van der Waals surface area contributed by atoms with E-state index >= 15 is 0 Å². The number of hydrogen-bond donors (Lipinski definition) is 3. The summed E-state index contributed by atoms with van der Waals surface area (Å²) in [7, 11) is 6.49. The number of benzene rings is 2. The van der Waals surface area contributed by atoms with Gasteiger partial charge in [-0.3, -0.25) is 0 Å². The highest BCUT2D eigenvalue weighted by atomic mass is 16.8. The molecule has 156 valence electrons. The fraction of sp³-hybridized carbons (Fsp3) is 0.350. The topological polar surface area (TPSA) is 116 Å². The standard InChI is InChI=1S/C20H26N4O5/c1-24(2,27)12-6-11-21-19-13-7-5-8-15(28-3)18(13)22-20-16(29-4)10-9-14(17(19)20)23(25)26/h5,7-10,21-22,27H,6,11-12H2,1-4H3. The largest absolute Gasteiger partial charge is 0.612 e. The Hall–Kier alpha value is -3.17. The van der Waals surface area contributed by atoms with Crippen molar-refractivity contribution in [2.24, 2.45) is 0 Å². The summed E-state index contributed by atoms with van der Waals surface area (Å²) < 4.78 is 10.8. The Labute approximate surface area is 168 Å². The molecule has 29 heavy (non-hydrogen) atoms. The van der Waals surface area contributed by atoms with Gasteiger partial charge in [0, 0.05) is 24.4 Å². The van der Waals surface area contributed by atoms with Crippen LogP contribution in [0.1, 0.15) is 6.42 Å². The molecule has 0 aromatic heterocycles. The number of hydrogen-bond acceptors (Lipinski definition) is 6. The predicted molar refractivity (Wildman–Crippen MR) is 112 cm³/mol. The number of hydroxylamine groups is 3. The summed E-state index contributed by atoms with van der Waals surface area (Å²) in [6.07, 6.45) is 0.673. The third-order valence-corrected chi connectivity index (χ3v) is 4.76. The lowest BCUT2D eigenvalue weighted by molar-refractivity contribution is -1.07. The molecular weight excluding hydrogens is 376 g/mol. The van der Waals surface area contributed by atoms with Crippen LogP contribution < -0.4 is 25.0 Å². The Morgan fingerprint density at radius 2 is 1.83 bits per heavy atom. The zero-order chi connectivity index (χ0) is 21.2. The molecule has 0 radical (unpaired) electrons. The molecule has 0 amide bonds. The molecule has 0 saturated carbocycles. The van der Waals surface area contributed by atoms with Crippen molar-refractivity contribution in [2.75, 3.05) is 46.7 Å². The maximum atomic E-state index is 11.8. The highest BCUT2D eigenvalue weighted by Gasteiger charge is 2.23. The number of aromatic amines is 1. The minimum absolute atomic E-state index is 0.0254. The summed E-state index contributed by atoms with van der Waals surface area (Å²) in [5, 5.41) is 37.5. The second-order valence-corrected chi connectivity index (χ2v) is 7.30. The quantitative estimate of drug-likeness (QED) is 0.242. The zero-order valence-electron chi connectivity index (χ0n) is 17.0. The Bertz CT molecular complexity index is 1050. The Kier molecular flexibility index (Phi) is 5.71. The smallest absolute Gasteiger partial charge is 0.234 e. The van der Waals surface area contributed by atoms with Gasteiger partial charge in [0.2, 0.25) is 5.36 Å². The van der Waals surface area contributed by atoms with Gasteiger partial charge in [0.05, 0.1) is 50.8 Å². The molecular formula is C20H26N4O5. The van der Waals surface area contributed by atoms with E-state index in [4.69, 9.17) is 9.47 Å². The second-order valence-electron chi connectivity index (χ2n) is 7.30. The second kappa shape index (κ2) is 8.06. The minimum atomic E-state index is -0.402. The normalized spacial score (nSPS) is 11.6. The van der Waals surface area contributed by atoms with Crippen LogP contribution in [0.5, 0.6) is 11.5 Å². The lowest BCUT2D eigenvalue weighted by atomic mass is 10.0. The number of anilines is 1. The molecule has 1 aliphatic heterocycles. The third-order valence-electron chi connectivity index (χ3n) is 4.76. The summed E-state index contributed by atoms with van der Waals surface area (Å²) in [5.41, 5.74) is 2.29. The van der Waals surface area contributed by atoms with Crippen molar-refractivity contribution in [2.45, 2.75) is 6.42 Å². The van der Waals surface area contributed by atoms with Crippen LogP contribution in [0.25, 0.3) is 22.2 Å². The van der Waals surface area contributed by atoms with Crippen molar-refractivity contribution >= 4 is 16.6 Å². The molecule has 0 atom stereocenters. The molecule has 1 aliphatic carbocycles. The van der Waals surface area contributed by atoms with E-state index in [1.807, 2.05) is 18.2 Å². The third kappa shape index (κ3) is 4.15. The first kappa shape index (κ1) is 20.6. The molecule has 0 bridgehead atoms. The maximum Gasteiger partial charge on any atom is 0.234 e. The fourth-order valence-corrected chi connectivity index (χ4v) is 3.43. The number of rotatable bonds is 7. The number of para-hydroxylation sites is 1. The molecule has 9 heteroatoms. The van der Waals surface area contributed by atoms with Crippen LogP contribution in [-0.2, 0) is 0 Å². The van der Waals surface area contributed by atoms with Gasteiger partial charge in [0.1, 0.15) is 18.0 Å². The number of pyridine rings is 1. The lowest BCUT2D eigenvalue weighted by Gasteiger charge is -2.22. The first-order valence-corrected chi connectivity index (χ1v) is 9.23. The van der Waals surface area contributed by atoms with Gasteiger partial charge in [0.15, 0.2) is 0 Å². The minimum Gasteiger partial charge on any atom is -0.612 e. The van der Waals surface area contributed by atoms with Crippen molar-refractivity contribution in [3.63, 3.8) is 0 Å². The van der Waals surface area contributed by atoms with E-state index < -0.39 is 4.90 Å². The highest BCUT2D eigenvalue weighted by molar-refractivity contribution is 6.03. The molecule has 9 nitrogen and oxygen atoms in total. The number of ether oxygens (including phenoxy) is 2. The van der Waals surface area contributed by atoms with Crippen molar-refractivity contribution in [3.05, 3.63) is 46.1 Å². The van der Waals surface area contributed by atoms with Crippen molar-refractivity contribution in [3.8, 4) is 22.8 Å². The highest BCUT2D eigenvalue weighted by Crippen LogP contribution is 2.40. The van der Waals surface area contributed by atoms with E-state index in [0.717, 1.165) is 5.39 Å². The number of methoxy groups -OCH3 is 2. The number of aromatic nitrogens is 1. The molecule has 0 unspecified atom stereocenters. The van der Waals surface area contributed by atoms with Gasteiger partial charge in [-0.05, 0) is 12.1 Å². The molecule has 1 heterocycles. The van der Waals surface area contributed by atoms with E-state index in [9.17, 15) is 15.6 Å². The summed E-state index contributed by atoms with van der Waals surface area (Å²) in [6, 6.07) is 8.56. The van der Waals surface area contributed by atoms with Crippen LogP contribution in [-0.4, -0.2) is 56.2 Å². The average Bonchev–Trinajstić information content (AvgIpc) is 2.68. The van der Waals surface area contributed by atoms with Crippen LogP contribution in [0, 0.1) is 10.4 Å². The van der Waals surface area contributed by atoms with Gasteiger partial charge in [-0.2, -0.15) is 9.55 Å². The van der Waals surface area contributed by atoms with Crippen molar-refractivity contribution < 1.29 is 19.3 Å². The van der Waals surface area contributed by atoms with E-state index in [0.29, 0.717) is 53.5 Å². The number of nitrogens with one attached hydrogen (secondary N) is 2. The van der Waals surface area contributed by atoms with Crippen LogP contribution in [0.3, 0.4) is 0 Å². The average molecular weight is 402 g/mol. The van der Waals surface area contributed by atoms with Gasteiger partial charge in [0.25, 0.3) is 0 Å². The van der Waals surface area contributed by atoms with Gasteiger partial charge in [-0.1, -0.05) is 12.1 Å². The molecule has 0 fully saturated rings. The Morgan fingerprint density at radius 1 is 1.10 bits per heavy atom. The number of H-pyrrole nitrogens is 1. The van der Waals surface area contributed by atoms with Crippen LogP contribution >= 0.6 is 0 Å². The van der Waals surface area contributed by atoms with E-state index in [1.54, 1.807) is 27.3 Å². The number of nitrogens with zero attached hydrogens (tertiary/aromatic N) is 2. The van der Waals surface area contributed by atoms with Crippen molar-refractivity contribution in [1.29, 1.82) is 0 Å². The molecule has 2 aliphatic rings. The van der Waals surface area contributed by atoms with Gasteiger partial charge < -0.3 is 30.2 Å². The summed E-state index contributed by atoms with van der Waals surface area (Å²) in [6.45, 7) is 1.07. The van der Waals surface area contributed by atoms with E-state index in [-0.39, 0.29) is 10.0 Å². The summed E-state index contributed by atoms with van der Waals surface area (Å²) in [5.74, 6) is 1.11. The van der Waals surface area contributed by atoms with Gasteiger partial charge in [-0.15, -0.1) is 0 Å². The molecule has 3 N–H and O–H groups in total. The number of quaternary nitrogens is 1.